The molecule has 0 atom stereocenters. The smallest absolute Gasteiger partial charge is 0.431 e. The average molecular weight is 192 g/mol. The lowest BCUT2D eigenvalue weighted by atomic mass is 10.2. The molecule has 0 radical (unpaired) electrons. The standard InChI is InChI=1S/C11H12O3/c1-8-2-4-9(5-3-8)13-11(12)14-10-6-7-10/h2-5,10H,6-7H2,1H3. The molecule has 2 rings (SSSR count). The maximum absolute atomic E-state index is 11.1. The summed E-state index contributed by atoms with van der Waals surface area (Å²) in [7, 11) is 0. The molecule has 0 aliphatic heterocycles. The van der Waals surface area contributed by atoms with Gasteiger partial charge in [-0.05, 0) is 31.9 Å². The second-order valence-electron chi connectivity index (χ2n) is 3.48. The van der Waals surface area contributed by atoms with Gasteiger partial charge in [-0.2, -0.15) is 0 Å². The summed E-state index contributed by atoms with van der Waals surface area (Å²) in [5.74, 6) is 0.529. The Balaban J connectivity index is 1.89. The van der Waals surface area contributed by atoms with Crippen molar-refractivity contribution in [3.8, 4) is 5.75 Å². The van der Waals surface area contributed by atoms with Crippen LogP contribution >= 0.6 is 0 Å². The molecule has 3 heteroatoms. The first-order valence-electron chi connectivity index (χ1n) is 4.69. The SMILES string of the molecule is Cc1ccc(OC(=O)OC2CC2)cc1. The van der Waals surface area contributed by atoms with E-state index < -0.39 is 6.16 Å². The number of hydrogen-bond donors (Lipinski definition) is 0. The predicted octanol–water partition coefficient (Wildman–Crippen LogP) is 2.67. The van der Waals surface area contributed by atoms with Crippen molar-refractivity contribution < 1.29 is 14.3 Å². The highest BCUT2D eigenvalue weighted by Crippen LogP contribution is 2.24. The summed E-state index contributed by atoms with van der Waals surface area (Å²) in [5.41, 5.74) is 1.13. The van der Waals surface area contributed by atoms with Crippen molar-refractivity contribution in [2.24, 2.45) is 0 Å². The van der Waals surface area contributed by atoms with Crippen LogP contribution in [0, 0.1) is 6.92 Å². The lowest BCUT2D eigenvalue weighted by Crippen LogP contribution is -2.11. The molecule has 14 heavy (non-hydrogen) atoms. The molecule has 1 fully saturated rings. The Morgan fingerprint density at radius 1 is 1.29 bits per heavy atom. The summed E-state index contributed by atoms with van der Waals surface area (Å²) in [5, 5.41) is 0. The first-order chi connectivity index (χ1) is 6.74. The monoisotopic (exact) mass is 192 g/mol. The van der Waals surface area contributed by atoms with Gasteiger partial charge < -0.3 is 9.47 Å². The van der Waals surface area contributed by atoms with Gasteiger partial charge in [-0.1, -0.05) is 17.7 Å². The summed E-state index contributed by atoms with van der Waals surface area (Å²) in [4.78, 5) is 11.1. The Labute approximate surface area is 82.6 Å². The predicted molar refractivity (Wildman–Crippen MR) is 51.3 cm³/mol. The van der Waals surface area contributed by atoms with Crippen molar-refractivity contribution in [3.63, 3.8) is 0 Å². The third-order valence-electron chi connectivity index (χ3n) is 2.01. The molecule has 1 aromatic rings. The molecule has 0 aromatic heterocycles. The maximum atomic E-state index is 11.1. The van der Waals surface area contributed by atoms with Crippen molar-refractivity contribution in [2.45, 2.75) is 25.9 Å². The van der Waals surface area contributed by atoms with E-state index in [1.165, 1.54) is 0 Å². The van der Waals surface area contributed by atoms with Gasteiger partial charge in [-0.3, -0.25) is 0 Å². The Bertz CT molecular complexity index is 325. The van der Waals surface area contributed by atoms with Gasteiger partial charge in [0.15, 0.2) is 0 Å². The van der Waals surface area contributed by atoms with Crippen LogP contribution in [0.25, 0.3) is 0 Å². The van der Waals surface area contributed by atoms with Crippen LogP contribution in [0.3, 0.4) is 0 Å². The number of rotatable bonds is 2. The van der Waals surface area contributed by atoms with Crippen LogP contribution in [0.2, 0.25) is 0 Å². The zero-order chi connectivity index (χ0) is 9.97. The molecular formula is C11H12O3. The lowest BCUT2D eigenvalue weighted by Gasteiger charge is -2.04. The molecule has 1 aromatic carbocycles. The number of benzene rings is 1. The van der Waals surface area contributed by atoms with Gasteiger partial charge in [0.1, 0.15) is 11.9 Å². The van der Waals surface area contributed by atoms with Gasteiger partial charge in [-0.25, -0.2) is 4.79 Å². The fourth-order valence-electron chi connectivity index (χ4n) is 1.05. The summed E-state index contributed by atoms with van der Waals surface area (Å²) < 4.78 is 9.89. The van der Waals surface area contributed by atoms with Crippen LogP contribution in [0.1, 0.15) is 18.4 Å². The highest BCUT2D eigenvalue weighted by Gasteiger charge is 2.26. The van der Waals surface area contributed by atoms with E-state index in [1.807, 2.05) is 19.1 Å². The van der Waals surface area contributed by atoms with Crippen LogP contribution in [0.5, 0.6) is 5.75 Å². The number of hydrogen-bond acceptors (Lipinski definition) is 3. The Hall–Kier alpha value is -1.51. The highest BCUT2D eigenvalue weighted by molar-refractivity contribution is 5.64. The van der Waals surface area contributed by atoms with Gasteiger partial charge in [0.2, 0.25) is 0 Å². The fraction of sp³-hybridized carbons (Fsp3) is 0.364. The van der Waals surface area contributed by atoms with Gasteiger partial charge in [0.25, 0.3) is 0 Å². The molecule has 0 spiro atoms. The number of ether oxygens (including phenoxy) is 2. The molecule has 1 aliphatic rings. The van der Waals surface area contributed by atoms with Crippen molar-refractivity contribution >= 4 is 6.16 Å². The molecule has 0 bridgehead atoms. The molecule has 0 heterocycles. The average Bonchev–Trinajstić information content (AvgIpc) is 2.93. The summed E-state index contributed by atoms with van der Waals surface area (Å²) in [6.45, 7) is 1.98. The van der Waals surface area contributed by atoms with E-state index in [-0.39, 0.29) is 6.10 Å². The molecule has 1 saturated carbocycles. The van der Waals surface area contributed by atoms with Crippen molar-refractivity contribution in [3.05, 3.63) is 29.8 Å². The van der Waals surface area contributed by atoms with Crippen molar-refractivity contribution in [2.75, 3.05) is 0 Å². The highest BCUT2D eigenvalue weighted by atomic mass is 16.7. The first kappa shape index (κ1) is 9.06. The largest absolute Gasteiger partial charge is 0.514 e. The van der Waals surface area contributed by atoms with E-state index >= 15 is 0 Å². The van der Waals surface area contributed by atoms with Crippen LogP contribution in [-0.4, -0.2) is 12.3 Å². The van der Waals surface area contributed by atoms with Gasteiger partial charge in [-0.15, -0.1) is 0 Å². The molecule has 1 aliphatic carbocycles. The van der Waals surface area contributed by atoms with Gasteiger partial charge >= 0.3 is 6.16 Å². The van der Waals surface area contributed by atoms with Crippen LogP contribution < -0.4 is 4.74 Å². The lowest BCUT2D eigenvalue weighted by molar-refractivity contribution is 0.0925. The quantitative estimate of drug-likeness (QED) is 0.533. The summed E-state index contributed by atoms with van der Waals surface area (Å²) in [6.07, 6.45) is 1.41. The molecule has 0 amide bonds. The van der Waals surface area contributed by atoms with Gasteiger partial charge in [0, 0.05) is 0 Å². The number of carbonyl (C=O) groups excluding carboxylic acids is 1. The molecule has 0 saturated heterocycles. The van der Waals surface area contributed by atoms with Crippen molar-refractivity contribution in [1.82, 2.24) is 0 Å². The topological polar surface area (TPSA) is 35.5 Å². The Morgan fingerprint density at radius 3 is 2.50 bits per heavy atom. The summed E-state index contributed by atoms with van der Waals surface area (Å²) in [6, 6.07) is 7.28. The minimum atomic E-state index is -0.601. The summed E-state index contributed by atoms with van der Waals surface area (Å²) >= 11 is 0. The van der Waals surface area contributed by atoms with E-state index in [0.717, 1.165) is 18.4 Å². The Morgan fingerprint density at radius 2 is 1.93 bits per heavy atom. The van der Waals surface area contributed by atoms with E-state index in [4.69, 9.17) is 9.47 Å². The molecule has 74 valence electrons. The minimum absolute atomic E-state index is 0.0907. The minimum Gasteiger partial charge on any atom is -0.431 e. The molecular weight excluding hydrogens is 180 g/mol. The van der Waals surface area contributed by atoms with E-state index in [1.54, 1.807) is 12.1 Å². The van der Waals surface area contributed by atoms with Crippen LogP contribution in [-0.2, 0) is 4.74 Å². The van der Waals surface area contributed by atoms with Crippen LogP contribution in [0.15, 0.2) is 24.3 Å². The van der Waals surface area contributed by atoms with Crippen LogP contribution in [0.4, 0.5) is 4.79 Å². The zero-order valence-corrected chi connectivity index (χ0v) is 8.03. The molecule has 0 unspecified atom stereocenters. The van der Waals surface area contributed by atoms with Crippen molar-refractivity contribution in [1.29, 1.82) is 0 Å². The van der Waals surface area contributed by atoms with E-state index in [2.05, 4.69) is 0 Å². The normalized spacial score (nSPS) is 14.9. The number of carbonyl (C=O) groups is 1. The zero-order valence-electron chi connectivity index (χ0n) is 8.03. The third-order valence-corrected chi connectivity index (χ3v) is 2.01. The first-order valence-corrected chi connectivity index (χ1v) is 4.69. The second kappa shape index (κ2) is 3.70. The second-order valence-corrected chi connectivity index (χ2v) is 3.48. The maximum Gasteiger partial charge on any atom is 0.514 e. The third kappa shape index (κ3) is 2.49. The van der Waals surface area contributed by atoms with E-state index in [0.29, 0.717) is 5.75 Å². The number of aryl methyl sites for hydroxylation is 1. The molecule has 0 N–H and O–H groups in total. The fourth-order valence-corrected chi connectivity index (χ4v) is 1.05. The van der Waals surface area contributed by atoms with Gasteiger partial charge in [0.05, 0.1) is 0 Å². The Kier molecular flexibility index (Phi) is 2.39. The van der Waals surface area contributed by atoms with E-state index in [9.17, 15) is 4.79 Å². The molecule has 3 nitrogen and oxygen atoms in total.